The van der Waals surface area contributed by atoms with Crippen molar-refractivity contribution in [1.82, 2.24) is 10.6 Å². The topological polar surface area (TPSA) is 70.2 Å². The molecule has 0 atom stereocenters. The van der Waals surface area contributed by atoms with Gasteiger partial charge in [-0.25, -0.2) is 0 Å². The minimum atomic E-state index is -0.0986. The van der Waals surface area contributed by atoms with Crippen LogP contribution in [0.2, 0.25) is 0 Å². The van der Waals surface area contributed by atoms with Crippen molar-refractivity contribution >= 4 is 17.5 Å². The quantitative estimate of drug-likeness (QED) is 0.706. The van der Waals surface area contributed by atoms with E-state index < -0.39 is 0 Å². The van der Waals surface area contributed by atoms with Crippen LogP contribution in [-0.4, -0.2) is 31.4 Å². The van der Waals surface area contributed by atoms with Gasteiger partial charge in [0.05, 0.1) is 0 Å². The lowest BCUT2D eigenvalue weighted by Crippen LogP contribution is -2.36. The van der Waals surface area contributed by atoms with E-state index in [1.165, 1.54) is 5.56 Å². The second-order valence-corrected chi connectivity index (χ2v) is 5.25. The van der Waals surface area contributed by atoms with Gasteiger partial charge in [-0.2, -0.15) is 0 Å². The lowest BCUT2D eigenvalue weighted by atomic mass is 10.1. The van der Waals surface area contributed by atoms with Crippen LogP contribution in [0.4, 0.5) is 5.69 Å². The Hall–Kier alpha value is -2.04. The van der Waals surface area contributed by atoms with E-state index in [2.05, 4.69) is 16.0 Å². The highest BCUT2D eigenvalue weighted by atomic mass is 16.2. The van der Waals surface area contributed by atoms with Crippen LogP contribution < -0.4 is 16.0 Å². The number of hydrogen-bond donors (Lipinski definition) is 3. The molecular weight excluding hydrogens is 254 g/mol. The van der Waals surface area contributed by atoms with E-state index in [1.54, 1.807) is 0 Å². The molecule has 20 heavy (non-hydrogen) atoms. The highest BCUT2D eigenvalue weighted by molar-refractivity contribution is 5.95. The van der Waals surface area contributed by atoms with Crippen molar-refractivity contribution < 1.29 is 9.59 Å². The Balaban J connectivity index is 1.79. The van der Waals surface area contributed by atoms with Gasteiger partial charge < -0.3 is 16.0 Å². The Labute approximate surface area is 119 Å². The molecule has 1 aliphatic heterocycles. The molecular formula is C15H21N3O2. The average molecular weight is 275 g/mol. The number of amides is 2. The van der Waals surface area contributed by atoms with E-state index in [4.69, 9.17) is 0 Å². The van der Waals surface area contributed by atoms with E-state index in [9.17, 15) is 9.59 Å². The molecule has 0 bridgehead atoms. The molecule has 1 heterocycles. The van der Waals surface area contributed by atoms with Gasteiger partial charge >= 0.3 is 0 Å². The average Bonchev–Trinajstić information content (AvgIpc) is 2.90. The molecule has 3 N–H and O–H groups in total. The Morgan fingerprint density at radius 2 is 2.00 bits per heavy atom. The molecule has 5 heteroatoms. The highest BCUT2D eigenvalue weighted by Crippen LogP contribution is 2.22. The van der Waals surface area contributed by atoms with E-state index in [0.717, 1.165) is 18.7 Å². The molecule has 0 fully saturated rings. The summed E-state index contributed by atoms with van der Waals surface area (Å²) in [6, 6.07) is 5.69. The second-order valence-electron chi connectivity index (χ2n) is 5.25. The smallest absolute Gasteiger partial charge is 0.251 e. The Kier molecular flexibility index (Phi) is 4.61. The van der Waals surface area contributed by atoms with Crippen molar-refractivity contribution in [1.29, 1.82) is 0 Å². The minimum Gasteiger partial charge on any atom is -0.384 e. The summed E-state index contributed by atoms with van der Waals surface area (Å²) < 4.78 is 0. The van der Waals surface area contributed by atoms with Crippen molar-refractivity contribution in [2.45, 2.75) is 20.3 Å². The summed E-state index contributed by atoms with van der Waals surface area (Å²) in [4.78, 5) is 23.3. The standard InChI is InChI=1S/C15H21N3O2/c1-10(2)14(19)17-7-8-18-15(20)12-3-4-13-11(9-12)5-6-16-13/h3-4,9-10,16H,5-8H2,1-2H3,(H,17,19)(H,18,20). The third-order valence-corrected chi connectivity index (χ3v) is 3.31. The first kappa shape index (κ1) is 14.4. The molecule has 0 unspecified atom stereocenters. The van der Waals surface area contributed by atoms with Gasteiger partial charge in [0.1, 0.15) is 0 Å². The van der Waals surface area contributed by atoms with Gasteiger partial charge in [0.2, 0.25) is 5.91 Å². The van der Waals surface area contributed by atoms with Gasteiger partial charge in [0.15, 0.2) is 0 Å². The first-order chi connectivity index (χ1) is 9.58. The summed E-state index contributed by atoms with van der Waals surface area (Å²) in [6.07, 6.45) is 0.959. The van der Waals surface area contributed by atoms with Crippen LogP contribution in [0, 0.1) is 5.92 Å². The fraction of sp³-hybridized carbons (Fsp3) is 0.467. The van der Waals surface area contributed by atoms with Gasteiger partial charge in [0, 0.05) is 36.8 Å². The Bertz CT molecular complexity index is 512. The Morgan fingerprint density at radius 1 is 1.25 bits per heavy atom. The number of anilines is 1. The van der Waals surface area contributed by atoms with E-state index in [0.29, 0.717) is 18.7 Å². The first-order valence-corrected chi connectivity index (χ1v) is 7.00. The number of rotatable bonds is 5. The zero-order valence-corrected chi connectivity index (χ0v) is 12.0. The molecule has 0 radical (unpaired) electrons. The Morgan fingerprint density at radius 3 is 2.75 bits per heavy atom. The van der Waals surface area contributed by atoms with E-state index in [-0.39, 0.29) is 17.7 Å². The summed E-state index contributed by atoms with van der Waals surface area (Å²) in [5, 5.41) is 8.84. The molecule has 0 saturated heterocycles. The largest absolute Gasteiger partial charge is 0.384 e. The van der Waals surface area contributed by atoms with Crippen molar-refractivity contribution in [2.75, 3.05) is 25.0 Å². The maximum absolute atomic E-state index is 12.0. The maximum atomic E-state index is 12.0. The molecule has 5 nitrogen and oxygen atoms in total. The summed E-state index contributed by atoms with van der Waals surface area (Å²) >= 11 is 0. The third kappa shape index (κ3) is 3.50. The zero-order chi connectivity index (χ0) is 14.5. The van der Waals surface area contributed by atoms with Gasteiger partial charge in [-0.15, -0.1) is 0 Å². The molecule has 1 aromatic carbocycles. The van der Waals surface area contributed by atoms with Crippen molar-refractivity contribution in [3.05, 3.63) is 29.3 Å². The number of nitrogens with one attached hydrogen (secondary N) is 3. The van der Waals surface area contributed by atoms with E-state index in [1.807, 2.05) is 32.0 Å². The van der Waals surface area contributed by atoms with Crippen LogP contribution in [0.25, 0.3) is 0 Å². The van der Waals surface area contributed by atoms with E-state index >= 15 is 0 Å². The van der Waals surface area contributed by atoms with Crippen LogP contribution in [-0.2, 0) is 11.2 Å². The molecule has 1 aliphatic rings. The van der Waals surface area contributed by atoms with Crippen LogP contribution in [0.15, 0.2) is 18.2 Å². The molecule has 0 saturated carbocycles. The molecule has 0 aromatic heterocycles. The van der Waals surface area contributed by atoms with Gasteiger partial charge in [0.25, 0.3) is 5.91 Å². The summed E-state index contributed by atoms with van der Waals surface area (Å²) in [5.74, 6) is -0.128. The SMILES string of the molecule is CC(C)C(=O)NCCNC(=O)c1ccc2c(c1)CCN2. The molecule has 108 valence electrons. The fourth-order valence-corrected chi connectivity index (χ4v) is 2.11. The molecule has 2 rings (SSSR count). The second kappa shape index (κ2) is 6.41. The lowest BCUT2D eigenvalue weighted by molar-refractivity contribution is -0.123. The minimum absolute atomic E-state index is 0.00264. The van der Waals surface area contributed by atoms with Gasteiger partial charge in [-0.05, 0) is 30.2 Å². The zero-order valence-electron chi connectivity index (χ0n) is 12.0. The molecule has 0 spiro atoms. The molecule has 1 aromatic rings. The first-order valence-electron chi connectivity index (χ1n) is 7.00. The van der Waals surface area contributed by atoms with Gasteiger partial charge in [-0.1, -0.05) is 13.8 Å². The summed E-state index contributed by atoms with van der Waals surface area (Å²) in [7, 11) is 0. The third-order valence-electron chi connectivity index (χ3n) is 3.31. The van der Waals surface area contributed by atoms with Crippen molar-refractivity contribution in [3.63, 3.8) is 0 Å². The molecule has 0 aliphatic carbocycles. The summed E-state index contributed by atoms with van der Waals surface area (Å²) in [6.45, 7) is 5.50. The van der Waals surface area contributed by atoms with Crippen molar-refractivity contribution in [3.8, 4) is 0 Å². The van der Waals surface area contributed by atoms with Crippen LogP contribution >= 0.6 is 0 Å². The van der Waals surface area contributed by atoms with Crippen LogP contribution in [0.3, 0.4) is 0 Å². The monoisotopic (exact) mass is 275 g/mol. The van der Waals surface area contributed by atoms with Gasteiger partial charge in [-0.3, -0.25) is 9.59 Å². The van der Waals surface area contributed by atoms with Crippen LogP contribution in [0.1, 0.15) is 29.8 Å². The number of carbonyl (C=O) groups is 2. The number of fused-ring (bicyclic) bond motifs is 1. The maximum Gasteiger partial charge on any atom is 0.251 e. The lowest BCUT2D eigenvalue weighted by Gasteiger charge is -2.09. The van der Waals surface area contributed by atoms with Crippen LogP contribution in [0.5, 0.6) is 0 Å². The number of carbonyl (C=O) groups excluding carboxylic acids is 2. The number of benzene rings is 1. The fourth-order valence-electron chi connectivity index (χ4n) is 2.11. The number of hydrogen-bond acceptors (Lipinski definition) is 3. The molecule has 2 amide bonds. The normalized spacial score (nSPS) is 12.8. The predicted octanol–water partition coefficient (Wildman–Crippen LogP) is 1.16. The van der Waals surface area contributed by atoms with Crippen molar-refractivity contribution in [2.24, 2.45) is 5.92 Å². The highest BCUT2D eigenvalue weighted by Gasteiger charge is 2.13. The summed E-state index contributed by atoms with van der Waals surface area (Å²) in [5.41, 5.74) is 2.97. The predicted molar refractivity (Wildman–Crippen MR) is 78.8 cm³/mol.